The van der Waals surface area contributed by atoms with Crippen molar-refractivity contribution in [1.82, 2.24) is 4.90 Å². The number of carbonyl (C=O) groups is 3. The maximum Gasteiger partial charge on any atom is 0.248 e. The lowest BCUT2D eigenvalue weighted by atomic mass is 9.70. The van der Waals surface area contributed by atoms with Crippen molar-refractivity contribution in [2.75, 3.05) is 23.8 Å². The number of anilines is 2. The molecule has 3 heterocycles. The van der Waals surface area contributed by atoms with Gasteiger partial charge in [-0.25, -0.2) is 0 Å². The maximum atomic E-state index is 13.8. The highest BCUT2D eigenvalue weighted by Gasteiger charge is 2.73. The number of carbonyl (C=O) groups excluding carboxylic acids is 3. The van der Waals surface area contributed by atoms with Crippen molar-refractivity contribution in [2.24, 2.45) is 11.8 Å². The zero-order valence-corrected chi connectivity index (χ0v) is 20.9. The summed E-state index contributed by atoms with van der Waals surface area (Å²) < 4.78 is -0.685. The highest BCUT2D eigenvalue weighted by molar-refractivity contribution is 8.02. The zero-order valence-electron chi connectivity index (χ0n) is 19.4. The van der Waals surface area contributed by atoms with Crippen molar-refractivity contribution in [3.05, 3.63) is 59.1 Å². The average molecular weight is 514 g/mol. The van der Waals surface area contributed by atoms with Gasteiger partial charge in [0.25, 0.3) is 0 Å². The van der Waals surface area contributed by atoms with Crippen LogP contribution >= 0.6 is 23.4 Å². The second kappa shape index (κ2) is 9.48. The van der Waals surface area contributed by atoms with E-state index in [2.05, 4.69) is 10.6 Å². The Morgan fingerprint density at radius 2 is 1.91 bits per heavy atom. The predicted octanol–water partition coefficient (Wildman–Crippen LogP) is 3.70. The number of aliphatic hydroxyl groups is 1. The van der Waals surface area contributed by atoms with Gasteiger partial charge in [0.1, 0.15) is 6.04 Å². The van der Waals surface area contributed by atoms with Gasteiger partial charge in [-0.15, -0.1) is 11.8 Å². The first-order valence-electron chi connectivity index (χ1n) is 11.9. The maximum absolute atomic E-state index is 13.8. The standard InChI is InChI=1S/C26H28ClN3O4S/c1-15-7-5-10-17(27)21(15)29-24(33)22-26-12-11-18(35-26)19(20(26)25(34)30(22)13-6-14-31)23(32)28-16-8-3-2-4-9-16/h2-5,7-10,18-20,22,31H,6,11-14H2,1H3,(H,28,32)(H,29,33)/t18-,19+,20-,22?,26?/m0/s1. The summed E-state index contributed by atoms with van der Waals surface area (Å²) in [5.41, 5.74) is 2.05. The van der Waals surface area contributed by atoms with Gasteiger partial charge in [0.05, 0.1) is 27.3 Å². The molecule has 35 heavy (non-hydrogen) atoms. The second-order valence-corrected chi connectivity index (χ2v) is 11.4. The second-order valence-electron chi connectivity index (χ2n) is 9.44. The minimum atomic E-state index is -0.744. The molecule has 3 aliphatic rings. The van der Waals surface area contributed by atoms with Crippen molar-refractivity contribution in [3.8, 4) is 0 Å². The third kappa shape index (κ3) is 4.01. The molecule has 9 heteroatoms. The SMILES string of the molecule is Cc1cccc(Cl)c1NC(=O)C1N(CCCO)C(=O)[C@@H]2[C@H](C(=O)Nc3ccccc3)[C@@H]3CCC12S3. The number of halogens is 1. The van der Waals surface area contributed by atoms with E-state index in [-0.39, 0.29) is 36.1 Å². The van der Waals surface area contributed by atoms with Crippen molar-refractivity contribution in [3.63, 3.8) is 0 Å². The quantitative estimate of drug-likeness (QED) is 0.524. The lowest BCUT2D eigenvalue weighted by Gasteiger charge is -2.34. The Morgan fingerprint density at radius 3 is 2.63 bits per heavy atom. The van der Waals surface area contributed by atoms with Crippen LogP contribution in [0, 0.1) is 18.8 Å². The third-order valence-electron chi connectivity index (χ3n) is 7.42. The van der Waals surface area contributed by atoms with E-state index in [1.807, 2.05) is 49.4 Å². The van der Waals surface area contributed by atoms with E-state index in [0.29, 0.717) is 29.2 Å². The van der Waals surface area contributed by atoms with Crippen LogP contribution in [0.1, 0.15) is 24.8 Å². The van der Waals surface area contributed by atoms with Crippen LogP contribution in [0.2, 0.25) is 5.02 Å². The number of nitrogens with zero attached hydrogens (tertiary/aromatic N) is 1. The number of hydrogen-bond donors (Lipinski definition) is 3. The number of aliphatic hydroxyl groups excluding tert-OH is 1. The first-order chi connectivity index (χ1) is 16.9. The van der Waals surface area contributed by atoms with E-state index in [9.17, 15) is 19.5 Å². The molecule has 5 rings (SSSR count). The molecule has 1 spiro atoms. The van der Waals surface area contributed by atoms with Gasteiger partial charge in [-0.3, -0.25) is 14.4 Å². The molecule has 2 bridgehead atoms. The number of fused-ring (bicyclic) bond motifs is 1. The molecule has 3 amide bonds. The summed E-state index contributed by atoms with van der Waals surface area (Å²) in [7, 11) is 0. The van der Waals surface area contributed by atoms with Crippen LogP contribution in [0.25, 0.3) is 0 Å². The van der Waals surface area contributed by atoms with E-state index < -0.39 is 22.6 Å². The van der Waals surface area contributed by atoms with E-state index in [0.717, 1.165) is 12.0 Å². The number of likely N-dealkylation sites (tertiary alicyclic amines) is 1. The minimum Gasteiger partial charge on any atom is -0.396 e. The van der Waals surface area contributed by atoms with Crippen molar-refractivity contribution >= 4 is 52.5 Å². The molecule has 2 aromatic carbocycles. The molecular weight excluding hydrogens is 486 g/mol. The van der Waals surface area contributed by atoms with Gasteiger partial charge in [0.15, 0.2) is 0 Å². The molecule has 3 N–H and O–H groups in total. The Hall–Kier alpha value is -2.55. The van der Waals surface area contributed by atoms with E-state index in [1.165, 1.54) is 0 Å². The van der Waals surface area contributed by atoms with E-state index >= 15 is 0 Å². The number of nitrogens with one attached hydrogen (secondary N) is 2. The highest BCUT2D eigenvalue weighted by Crippen LogP contribution is 2.66. The third-order valence-corrected chi connectivity index (χ3v) is 9.69. The van der Waals surface area contributed by atoms with Crippen LogP contribution in [-0.2, 0) is 14.4 Å². The smallest absolute Gasteiger partial charge is 0.248 e. The molecule has 5 atom stereocenters. The number of hydrogen-bond acceptors (Lipinski definition) is 5. The summed E-state index contributed by atoms with van der Waals surface area (Å²) >= 11 is 7.99. The minimum absolute atomic E-state index is 0.0231. The van der Waals surface area contributed by atoms with Gasteiger partial charge in [-0.1, -0.05) is 41.9 Å². The van der Waals surface area contributed by atoms with Crippen LogP contribution in [0.5, 0.6) is 0 Å². The molecule has 2 aromatic rings. The van der Waals surface area contributed by atoms with Crippen molar-refractivity contribution < 1.29 is 19.5 Å². The fourth-order valence-electron chi connectivity index (χ4n) is 5.96. The van der Waals surface area contributed by atoms with Gasteiger partial charge in [0, 0.05) is 24.1 Å². The first-order valence-corrected chi connectivity index (χ1v) is 13.1. The molecule has 184 valence electrons. The summed E-state index contributed by atoms with van der Waals surface area (Å²) in [6.45, 7) is 2.03. The first kappa shape index (κ1) is 24.2. The van der Waals surface area contributed by atoms with Crippen molar-refractivity contribution in [2.45, 2.75) is 42.2 Å². The molecule has 0 radical (unpaired) electrons. The molecule has 3 fully saturated rings. The monoisotopic (exact) mass is 513 g/mol. The number of amides is 3. The molecule has 7 nitrogen and oxygen atoms in total. The number of aryl methyl sites for hydroxylation is 1. The van der Waals surface area contributed by atoms with Gasteiger partial charge < -0.3 is 20.6 Å². The van der Waals surface area contributed by atoms with Gasteiger partial charge in [-0.05, 0) is 49.9 Å². The topological polar surface area (TPSA) is 98.7 Å². The van der Waals surface area contributed by atoms with Crippen LogP contribution < -0.4 is 10.6 Å². The van der Waals surface area contributed by atoms with Gasteiger partial charge in [0.2, 0.25) is 17.7 Å². The lowest BCUT2D eigenvalue weighted by molar-refractivity contribution is -0.138. The molecule has 0 saturated carbocycles. The molecule has 3 saturated heterocycles. The normalized spacial score (nSPS) is 28.8. The van der Waals surface area contributed by atoms with Crippen molar-refractivity contribution in [1.29, 1.82) is 0 Å². The Morgan fingerprint density at radius 1 is 1.14 bits per heavy atom. The Balaban J connectivity index is 1.47. The molecule has 3 aliphatic heterocycles. The number of thioether (sulfide) groups is 1. The summed E-state index contributed by atoms with van der Waals surface area (Å²) in [5, 5.41) is 15.8. The average Bonchev–Trinajstić information content (AvgIpc) is 3.48. The van der Waals surface area contributed by atoms with Crippen LogP contribution in [-0.4, -0.2) is 56.9 Å². The lowest BCUT2D eigenvalue weighted by Crippen LogP contribution is -2.51. The Kier molecular flexibility index (Phi) is 6.55. The number of benzene rings is 2. The number of para-hydroxylation sites is 2. The molecule has 0 aliphatic carbocycles. The summed E-state index contributed by atoms with van der Waals surface area (Å²) in [6.07, 6.45) is 1.81. The van der Waals surface area contributed by atoms with Crippen LogP contribution in [0.4, 0.5) is 11.4 Å². The molecule has 0 aromatic heterocycles. The summed E-state index contributed by atoms with van der Waals surface area (Å²) in [6, 6.07) is 13.9. The van der Waals surface area contributed by atoms with Gasteiger partial charge >= 0.3 is 0 Å². The van der Waals surface area contributed by atoms with E-state index in [1.54, 1.807) is 22.7 Å². The fourth-order valence-corrected chi connectivity index (χ4v) is 8.45. The number of rotatable bonds is 7. The largest absolute Gasteiger partial charge is 0.396 e. The van der Waals surface area contributed by atoms with Crippen LogP contribution in [0.3, 0.4) is 0 Å². The predicted molar refractivity (Wildman–Crippen MR) is 137 cm³/mol. The summed E-state index contributed by atoms with van der Waals surface area (Å²) in [5.74, 6) is -1.77. The molecular formula is C26H28ClN3O4S. The zero-order chi connectivity index (χ0) is 24.7. The van der Waals surface area contributed by atoms with Crippen LogP contribution in [0.15, 0.2) is 48.5 Å². The molecule has 2 unspecified atom stereocenters. The van der Waals surface area contributed by atoms with Gasteiger partial charge in [-0.2, -0.15) is 0 Å². The van der Waals surface area contributed by atoms with E-state index in [4.69, 9.17) is 11.6 Å². The Bertz CT molecular complexity index is 1140. The Labute approximate surface area is 213 Å². The highest BCUT2D eigenvalue weighted by atomic mass is 35.5. The fraction of sp³-hybridized carbons (Fsp3) is 0.423. The summed E-state index contributed by atoms with van der Waals surface area (Å²) in [4.78, 5) is 42.6.